The standard InChI is InChI=1S/C18H22FNO/c1-12-6-5-7-13(2)17(12)11-21-15-8-9-16(14(3)20-4)18(19)10-15/h5-10,14,20H,11H2,1-4H3. The van der Waals surface area contributed by atoms with E-state index in [9.17, 15) is 4.39 Å². The first-order chi connectivity index (χ1) is 10.0. The van der Waals surface area contributed by atoms with Gasteiger partial charge < -0.3 is 10.1 Å². The number of hydrogen-bond acceptors (Lipinski definition) is 2. The molecule has 0 aliphatic carbocycles. The second kappa shape index (κ2) is 6.72. The quantitative estimate of drug-likeness (QED) is 0.885. The first-order valence-corrected chi connectivity index (χ1v) is 7.17. The molecule has 1 unspecified atom stereocenters. The van der Waals surface area contributed by atoms with Gasteiger partial charge in [0.1, 0.15) is 18.2 Å². The highest BCUT2D eigenvalue weighted by Crippen LogP contribution is 2.23. The zero-order valence-electron chi connectivity index (χ0n) is 13.0. The molecule has 21 heavy (non-hydrogen) atoms. The Bertz CT molecular complexity index is 604. The SMILES string of the molecule is CNC(C)c1ccc(OCc2c(C)cccc2C)cc1F. The van der Waals surface area contributed by atoms with Gasteiger partial charge in [0.05, 0.1) is 0 Å². The molecule has 0 aliphatic rings. The summed E-state index contributed by atoms with van der Waals surface area (Å²) in [6, 6.07) is 11.2. The van der Waals surface area contributed by atoms with Crippen molar-refractivity contribution in [2.45, 2.75) is 33.4 Å². The predicted molar refractivity (Wildman–Crippen MR) is 84.1 cm³/mol. The van der Waals surface area contributed by atoms with Crippen molar-refractivity contribution in [3.8, 4) is 5.75 Å². The normalized spacial score (nSPS) is 12.2. The number of hydrogen-bond donors (Lipinski definition) is 1. The fourth-order valence-electron chi connectivity index (χ4n) is 2.34. The van der Waals surface area contributed by atoms with Crippen LogP contribution in [0.4, 0.5) is 4.39 Å². The predicted octanol–water partition coefficient (Wildman–Crippen LogP) is 4.30. The monoisotopic (exact) mass is 287 g/mol. The molecular formula is C18H22FNO. The van der Waals surface area contributed by atoms with Crippen molar-refractivity contribution in [1.82, 2.24) is 5.32 Å². The van der Waals surface area contributed by atoms with Crippen molar-refractivity contribution < 1.29 is 9.13 Å². The number of nitrogens with one attached hydrogen (secondary N) is 1. The van der Waals surface area contributed by atoms with Crippen molar-refractivity contribution in [1.29, 1.82) is 0 Å². The number of aryl methyl sites for hydroxylation is 2. The van der Waals surface area contributed by atoms with Crippen molar-refractivity contribution in [3.63, 3.8) is 0 Å². The summed E-state index contributed by atoms with van der Waals surface area (Å²) in [6.45, 7) is 6.50. The zero-order chi connectivity index (χ0) is 15.4. The summed E-state index contributed by atoms with van der Waals surface area (Å²) in [5, 5.41) is 3.03. The third kappa shape index (κ3) is 3.61. The largest absolute Gasteiger partial charge is 0.489 e. The maximum atomic E-state index is 14.1. The molecule has 112 valence electrons. The van der Waals surface area contributed by atoms with Gasteiger partial charge in [-0.2, -0.15) is 0 Å². The zero-order valence-corrected chi connectivity index (χ0v) is 13.0. The van der Waals surface area contributed by atoms with Crippen LogP contribution in [0.5, 0.6) is 5.75 Å². The summed E-state index contributed by atoms with van der Waals surface area (Å²) in [5.74, 6) is 0.318. The van der Waals surface area contributed by atoms with E-state index in [1.54, 1.807) is 6.07 Å². The minimum absolute atomic E-state index is 0.0161. The summed E-state index contributed by atoms with van der Waals surface area (Å²) in [5.41, 5.74) is 4.19. The van der Waals surface area contributed by atoms with Crippen LogP contribution in [0.25, 0.3) is 0 Å². The Morgan fingerprint density at radius 1 is 1.14 bits per heavy atom. The highest BCUT2D eigenvalue weighted by Gasteiger charge is 2.10. The van der Waals surface area contributed by atoms with E-state index in [0.29, 0.717) is 17.9 Å². The van der Waals surface area contributed by atoms with Crippen LogP contribution in [0.3, 0.4) is 0 Å². The van der Waals surface area contributed by atoms with Crippen LogP contribution in [-0.4, -0.2) is 7.05 Å². The molecule has 3 heteroatoms. The lowest BCUT2D eigenvalue weighted by Crippen LogP contribution is -2.13. The molecule has 0 amide bonds. The Kier molecular flexibility index (Phi) is 4.97. The minimum atomic E-state index is -0.240. The third-order valence-corrected chi connectivity index (χ3v) is 3.90. The summed E-state index contributed by atoms with van der Waals surface area (Å²) in [7, 11) is 1.81. The van der Waals surface area contributed by atoms with E-state index < -0.39 is 0 Å². The smallest absolute Gasteiger partial charge is 0.131 e. The molecule has 0 aromatic heterocycles. The lowest BCUT2D eigenvalue weighted by atomic mass is 10.0. The molecule has 2 aromatic rings. The topological polar surface area (TPSA) is 21.3 Å². The molecule has 0 aliphatic heterocycles. The average Bonchev–Trinajstić information content (AvgIpc) is 2.46. The van der Waals surface area contributed by atoms with Crippen molar-refractivity contribution in [2.75, 3.05) is 7.05 Å². The highest BCUT2D eigenvalue weighted by molar-refractivity contribution is 5.34. The Morgan fingerprint density at radius 3 is 2.38 bits per heavy atom. The fraction of sp³-hybridized carbons (Fsp3) is 0.333. The summed E-state index contributed by atoms with van der Waals surface area (Å²) >= 11 is 0. The molecule has 0 bridgehead atoms. The van der Waals surface area contributed by atoms with Crippen molar-refractivity contribution >= 4 is 0 Å². The lowest BCUT2D eigenvalue weighted by Gasteiger charge is -2.14. The molecule has 0 fully saturated rings. The first-order valence-electron chi connectivity index (χ1n) is 7.17. The molecule has 0 spiro atoms. The van der Waals surface area contributed by atoms with Gasteiger partial charge in [-0.3, -0.25) is 0 Å². The van der Waals surface area contributed by atoms with Gasteiger partial charge in [-0.25, -0.2) is 4.39 Å². The Labute approximate surface area is 126 Å². The average molecular weight is 287 g/mol. The van der Waals surface area contributed by atoms with Crippen LogP contribution in [0, 0.1) is 19.7 Å². The van der Waals surface area contributed by atoms with Crippen LogP contribution in [0.2, 0.25) is 0 Å². The van der Waals surface area contributed by atoms with E-state index in [1.165, 1.54) is 17.2 Å². The Balaban J connectivity index is 2.12. The molecule has 0 radical (unpaired) electrons. The Morgan fingerprint density at radius 2 is 1.81 bits per heavy atom. The Hall–Kier alpha value is -1.87. The van der Waals surface area contributed by atoms with Crippen LogP contribution in [-0.2, 0) is 6.61 Å². The van der Waals surface area contributed by atoms with Gasteiger partial charge in [0.15, 0.2) is 0 Å². The van der Waals surface area contributed by atoms with E-state index >= 15 is 0 Å². The van der Waals surface area contributed by atoms with Gasteiger partial charge in [0.2, 0.25) is 0 Å². The molecule has 2 rings (SSSR count). The second-order valence-corrected chi connectivity index (χ2v) is 5.35. The maximum Gasteiger partial charge on any atom is 0.131 e. The molecular weight excluding hydrogens is 265 g/mol. The third-order valence-electron chi connectivity index (χ3n) is 3.90. The molecule has 2 aromatic carbocycles. The van der Waals surface area contributed by atoms with Crippen molar-refractivity contribution in [2.24, 2.45) is 0 Å². The van der Waals surface area contributed by atoms with Crippen LogP contribution in [0.15, 0.2) is 36.4 Å². The molecule has 1 N–H and O–H groups in total. The number of halogens is 1. The minimum Gasteiger partial charge on any atom is -0.489 e. The van der Waals surface area contributed by atoms with Gasteiger partial charge in [-0.05, 0) is 50.6 Å². The van der Waals surface area contributed by atoms with Crippen LogP contribution >= 0.6 is 0 Å². The molecule has 0 saturated heterocycles. The van der Waals surface area contributed by atoms with Crippen LogP contribution < -0.4 is 10.1 Å². The van der Waals surface area contributed by atoms with Gasteiger partial charge in [0, 0.05) is 17.7 Å². The van der Waals surface area contributed by atoms with Crippen molar-refractivity contribution in [3.05, 3.63) is 64.5 Å². The summed E-state index contributed by atoms with van der Waals surface area (Å²) < 4.78 is 19.8. The van der Waals surface area contributed by atoms with Gasteiger partial charge in [0.25, 0.3) is 0 Å². The van der Waals surface area contributed by atoms with Gasteiger partial charge in [-0.1, -0.05) is 24.3 Å². The summed E-state index contributed by atoms with van der Waals surface area (Å²) in [4.78, 5) is 0. The molecule has 1 atom stereocenters. The number of benzene rings is 2. The number of ether oxygens (including phenoxy) is 1. The molecule has 0 saturated carbocycles. The fourth-order valence-corrected chi connectivity index (χ4v) is 2.34. The van der Waals surface area contributed by atoms with E-state index in [0.717, 1.165) is 5.56 Å². The molecule has 2 nitrogen and oxygen atoms in total. The van der Waals surface area contributed by atoms with Crippen LogP contribution in [0.1, 0.15) is 35.2 Å². The molecule has 0 heterocycles. The van der Waals surface area contributed by atoms with Gasteiger partial charge >= 0.3 is 0 Å². The van der Waals surface area contributed by atoms with E-state index in [2.05, 4.69) is 31.3 Å². The van der Waals surface area contributed by atoms with E-state index in [-0.39, 0.29) is 11.9 Å². The first kappa shape index (κ1) is 15.5. The van der Waals surface area contributed by atoms with Gasteiger partial charge in [-0.15, -0.1) is 0 Å². The lowest BCUT2D eigenvalue weighted by molar-refractivity contribution is 0.302. The number of rotatable bonds is 5. The second-order valence-electron chi connectivity index (χ2n) is 5.35. The highest BCUT2D eigenvalue weighted by atomic mass is 19.1. The maximum absolute atomic E-state index is 14.1. The summed E-state index contributed by atoms with van der Waals surface area (Å²) in [6.07, 6.45) is 0. The van der Waals surface area contributed by atoms with E-state index in [1.807, 2.05) is 26.1 Å². The van der Waals surface area contributed by atoms with E-state index in [4.69, 9.17) is 4.74 Å².